The summed E-state index contributed by atoms with van der Waals surface area (Å²) >= 11 is 6.47. The van der Waals surface area contributed by atoms with Gasteiger partial charge in [0.1, 0.15) is 11.0 Å². The average Bonchev–Trinajstić information content (AvgIpc) is 2.96. The molecule has 0 saturated carbocycles. The molecule has 156 valence electrons. The SMILES string of the molecule is CC(C)=CCN1CCC(NC(=O)c2c(C)nn(Cc3ccc(F)cc3)c2Cl)CC1. The van der Waals surface area contributed by atoms with Crippen LogP contribution in [0.2, 0.25) is 5.15 Å². The molecule has 1 aromatic heterocycles. The maximum Gasteiger partial charge on any atom is 0.256 e. The Bertz CT molecular complexity index is 879. The number of benzene rings is 1. The van der Waals surface area contributed by atoms with E-state index in [2.05, 4.69) is 35.2 Å². The molecular formula is C22H28ClFN4O. The van der Waals surface area contributed by atoms with Gasteiger partial charge in [-0.3, -0.25) is 9.69 Å². The van der Waals surface area contributed by atoms with E-state index in [1.54, 1.807) is 23.7 Å². The van der Waals surface area contributed by atoms with Crippen molar-refractivity contribution < 1.29 is 9.18 Å². The Kier molecular flexibility index (Phi) is 7.09. The first kappa shape index (κ1) is 21.5. The molecule has 29 heavy (non-hydrogen) atoms. The number of hydrogen-bond acceptors (Lipinski definition) is 3. The number of aromatic nitrogens is 2. The van der Waals surface area contributed by atoms with Crippen LogP contribution < -0.4 is 5.32 Å². The molecule has 1 aromatic carbocycles. The van der Waals surface area contributed by atoms with Crippen molar-refractivity contribution in [2.24, 2.45) is 0 Å². The summed E-state index contributed by atoms with van der Waals surface area (Å²) in [6, 6.07) is 6.31. The number of halogens is 2. The number of piperidine rings is 1. The van der Waals surface area contributed by atoms with Crippen molar-refractivity contribution in [1.29, 1.82) is 0 Å². The van der Waals surface area contributed by atoms with E-state index in [1.807, 2.05) is 0 Å². The molecular weight excluding hydrogens is 391 g/mol. The van der Waals surface area contributed by atoms with Crippen LogP contribution in [0.15, 0.2) is 35.9 Å². The Labute approximate surface area is 176 Å². The highest BCUT2D eigenvalue weighted by Crippen LogP contribution is 2.22. The van der Waals surface area contributed by atoms with Gasteiger partial charge >= 0.3 is 0 Å². The zero-order chi connectivity index (χ0) is 21.0. The lowest BCUT2D eigenvalue weighted by molar-refractivity contribution is 0.0913. The Morgan fingerprint density at radius 1 is 1.28 bits per heavy atom. The van der Waals surface area contributed by atoms with Crippen LogP contribution >= 0.6 is 11.6 Å². The van der Waals surface area contributed by atoms with Gasteiger partial charge in [-0.15, -0.1) is 0 Å². The van der Waals surface area contributed by atoms with Crippen molar-refractivity contribution in [2.45, 2.75) is 46.2 Å². The van der Waals surface area contributed by atoms with Crippen LogP contribution in [0.4, 0.5) is 4.39 Å². The van der Waals surface area contributed by atoms with Crippen LogP contribution in [0.1, 0.15) is 48.3 Å². The molecule has 1 amide bonds. The molecule has 0 spiro atoms. The summed E-state index contributed by atoms with van der Waals surface area (Å²) in [6.07, 6.45) is 4.07. The quantitative estimate of drug-likeness (QED) is 0.715. The van der Waals surface area contributed by atoms with Gasteiger partial charge < -0.3 is 5.32 Å². The fraction of sp³-hybridized carbons (Fsp3) is 0.455. The molecule has 0 atom stereocenters. The molecule has 1 saturated heterocycles. The third kappa shape index (κ3) is 5.67. The van der Waals surface area contributed by atoms with Crippen molar-refractivity contribution >= 4 is 17.5 Å². The van der Waals surface area contributed by atoms with E-state index in [0.29, 0.717) is 23.0 Å². The van der Waals surface area contributed by atoms with Crippen molar-refractivity contribution in [3.8, 4) is 0 Å². The van der Waals surface area contributed by atoms with E-state index in [9.17, 15) is 9.18 Å². The van der Waals surface area contributed by atoms with Gasteiger partial charge in [-0.1, -0.05) is 35.4 Å². The minimum absolute atomic E-state index is 0.140. The molecule has 1 N–H and O–H groups in total. The van der Waals surface area contributed by atoms with Crippen LogP contribution in [0, 0.1) is 12.7 Å². The second-order valence-corrected chi connectivity index (χ2v) is 8.22. The monoisotopic (exact) mass is 418 g/mol. The predicted molar refractivity (Wildman–Crippen MR) is 114 cm³/mol. The maximum absolute atomic E-state index is 13.1. The number of carbonyl (C=O) groups is 1. The number of hydrogen-bond donors (Lipinski definition) is 1. The van der Waals surface area contributed by atoms with Gasteiger partial charge in [0.25, 0.3) is 5.91 Å². The van der Waals surface area contributed by atoms with Gasteiger partial charge in [-0.25, -0.2) is 9.07 Å². The van der Waals surface area contributed by atoms with Crippen molar-refractivity contribution in [3.63, 3.8) is 0 Å². The lowest BCUT2D eigenvalue weighted by Crippen LogP contribution is -2.44. The van der Waals surface area contributed by atoms with Gasteiger partial charge in [0.05, 0.1) is 17.8 Å². The minimum Gasteiger partial charge on any atom is -0.349 e. The second kappa shape index (κ2) is 9.55. The third-order valence-electron chi connectivity index (χ3n) is 5.22. The standard InChI is InChI=1S/C22H28ClFN4O/c1-15(2)8-11-27-12-9-19(10-13-27)25-22(29)20-16(3)26-28(21(20)23)14-17-4-6-18(24)7-5-17/h4-8,19H,9-14H2,1-3H3,(H,25,29). The number of nitrogens with one attached hydrogen (secondary N) is 1. The number of carbonyl (C=O) groups excluding carboxylic acids is 1. The van der Waals surface area contributed by atoms with E-state index < -0.39 is 0 Å². The summed E-state index contributed by atoms with van der Waals surface area (Å²) in [5.41, 5.74) is 3.20. The molecule has 0 bridgehead atoms. The molecule has 3 rings (SSSR count). The third-order valence-corrected chi connectivity index (χ3v) is 5.60. The van der Waals surface area contributed by atoms with Crippen LogP contribution in [0.3, 0.4) is 0 Å². The van der Waals surface area contributed by atoms with Crippen LogP contribution in [-0.4, -0.2) is 46.3 Å². The highest BCUT2D eigenvalue weighted by Gasteiger charge is 2.25. The summed E-state index contributed by atoms with van der Waals surface area (Å²) in [5.74, 6) is -0.468. The Hall–Kier alpha value is -2.18. The lowest BCUT2D eigenvalue weighted by Gasteiger charge is -2.31. The van der Waals surface area contributed by atoms with Crippen LogP contribution in [0.5, 0.6) is 0 Å². The topological polar surface area (TPSA) is 50.2 Å². The first-order chi connectivity index (χ1) is 13.8. The van der Waals surface area contributed by atoms with Crippen molar-refractivity contribution in [1.82, 2.24) is 20.0 Å². The number of amides is 1. The zero-order valence-electron chi connectivity index (χ0n) is 17.2. The second-order valence-electron chi connectivity index (χ2n) is 7.87. The van der Waals surface area contributed by atoms with Gasteiger partial charge in [0, 0.05) is 25.7 Å². The van der Waals surface area contributed by atoms with Gasteiger partial charge in [-0.2, -0.15) is 5.10 Å². The van der Waals surface area contributed by atoms with Gasteiger partial charge in [0.15, 0.2) is 0 Å². The smallest absolute Gasteiger partial charge is 0.256 e. The predicted octanol–water partition coefficient (Wildman–Crippen LogP) is 4.19. The van der Waals surface area contributed by atoms with E-state index >= 15 is 0 Å². The largest absolute Gasteiger partial charge is 0.349 e. The van der Waals surface area contributed by atoms with Gasteiger partial charge in [-0.05, 0) is 51.3 Å². The Morgan fingerprint density at radius 3 is 2.55 bits per heavy atom. The van der Waals surface area contributed by atoms with E-state index in [-0.39, 0.29) is 17.8 Å². The van der Waals surface area contributed by atoms with E-state index in [0.717, 1.165) is 38.0 Å². The summed E-state index contributed by atoms with van der Waals surface area (Å²) < 4.78 is 14.7. The molecule has 1 aliphatic rings. The summed E-state index contributed by atoms with van der Waals surface area (Å²) in [6.45, 7) is 9.27. The Balaban J connectivity index is 1.61. The number of nitrogens with zero attached hydrogens (tertiary/aromatic N) is 3. The maximum atomic E-state index is 13.1. The van der Waals surface area contributed by atoms with Crippen molar-refractivity contribution in [2.75, 3.05) is 19.6 Å². The molecule has 0 unspecified atom stereocenters. The molecule has 1 fully saturated rings. The molecule has 0 radical (unpaired) electrons. The summed E-state index contributed by atoms with van der Waals surface area (Å²) in [5, 5.41) is 7.84. The first-order valence-corrected chi connectivity index (χ1v) is 10.3. The van der Waals surface area contributed by atoms with Crippen LogP contribution in [0.25, 0.3) is 0 Å². The fourth-order valence-corrected chi connectivity index (χ4v) is 3.83. The highest BCUT2D eigenvalue weighted by molar-refractivity contribution is 6.33. The summed E-state index contributed by atoms with van der Waals surface area (Å²) in [4.78, 5) is 15.2. The number of rotatable bonds is 6. The number of likely N-dealkylation sites (tertiary alicyclic amines) is 1. The molecule has 1 aliphatic heterocycles. The molecule has 5 nitrogen and oxygen atoms in total. The van der Waals surface area contributed by atoms with Crippen LogP contribution in [-0.2, 0) is 6.54 Å². The minimum atomic E-state index is -0.288. The highest BCUT2D eigenvalue weighted by atomic mass is 35.5. The van der Waals surface area contributed by atoms with E-state index in [1.165, 1.54) is 17.7 Å². The van der Waals surface area contributed by atoms with E-state index in [4.69, 9.17) is 11.6 Å². The fourth-order valence-electron chi connectivity index (χ4n) is 3.51. The first-order valence-electron chi connectivity index (χ1n) is 9.97. The van der Waals surface area contributed by atoms with Crippen molar-refractivity contribution in [3.05, 3.63) is 63.7 Å². The van der Waals surface area contributed by atoms with Gasteiger partial charge in [0.2, 0.25) is 0 Å². The summed E-state index contributed by atoms with van der Waals surface area (Å²) in [7, 11) is 0. The number of allylic oxidation sites excluding steroid dienone is 1. The Morgan fingerprint density at radius 2 is 1.93 bits per heavy atom. The zero-order valence-corrected chi connectivity index (χ0v) is 18.0. The molecule has 2 aromatic rings. The molecule has 0 aliphatic carbocycles. The lowest BCUT2D eigenvalue weighted by atomic mass is 10.0. The molecule has 7 heteroatoms. The molecule has 2 heterocycles. The number of aryl methyl sites for hydroxylation is 1. The average molecular weight is 419 g/mol. The normalized spacial score (nSPS) is 15.3.